The van der Waals surface area contributed by atoms with Crippen molar-refractivity contribution in [2.24, 2.45) is 0 Å². The Morgan fingerprint density at radius 2 is 1.48 bits per heavy atom. The maximum Gasteiger partial charge on any atom is 0.0746 e. The largest absolute Gasteiger partial charge is 0.297 e. The van der Waals surface area contributed by atoms with E-state index in [4.69, 9.17) is 11.6 Å². The van der Waals surface area contributed by atoms with Crippen LogP contribution in [0.3, 0.4) is 0 Å². The average Bonchev–Trinajstić information content (AvgIpc) is 2.65. The lowest BCUT2D eigenvalue weighted by molar-refractivity contribution is 0.122. The molecule has 0 radical (unpaired) electrons. The highest BCUT2D eigenvalue weighted by atomic mass is 35.5. The molecule has 0 aliphatic carbocycles. The maximum absolute atomic E-state index is 5.97. The van der Waals surface area contributed by atoms with Crippen LogP contribution in [0.1, 0.15) is 11.1 Å². The smallest absolute Gasteiger partial charge is 0.0746 e. The third kappa shape index (κ3) is 4.01. The van der Waals surface area contributed by atoms with Crippen LogP contribution in [0.25, 0.3) is 10.9 Å². The van der Waals surface area contributed by atoms with Gasteiger partial charge < -0.3 is 0 Å². The summed E-state index contributed by atoms with van der Waals surface area (Å²) in [6.45, 7) is 6.36. The molecule has 0 bridgehead atoms. The standard InChI is InChI=1S/C21H22ClN3/c22-20-8-6-17(7-9-20)15-24-11-13-25(14-12-24)16-19-4-1-3-18-5-2-10-23-21(18)19/h1-10H,11-16H2. The highest BCUT2D eigenvalue weighted by Gasteiger charge is 2.18. The summed E-state index contributed by atoms with van der Waals surface area (Å²) in [6, 6.07) is 18.8. The van der Waals surface area contributed by atoms with E-state index >= 15 is 0 Å². The molecule has 3 aromatic rings. The van der Waals surface area contributed by atoms with Gasteiger partial charge in [0.2, 0.25) is 0 Å². The summed E-state index contributed by atoms with van der Waals surface area (Å²) in [7, 11) is 0. The Kier molecular flexibility index (Phi) is 4.97. The summed E-state index contributed by atoms with van der Waals surface area (Å²) in [5.41, 5.74) is 3.79. The Hall–Kier alpha value is -1.94. The Bertz CT molecular complexity index is 834. The van der Waals surface area contributed by atoms with Gasteiger partial charge in [0, 0.05) is 55.9 Å². The summed E-state index contributed by atoms with van der Waals surface area (Å²) in [4.78, 5) is 9.62. The molecule has 1 aliphatic rings. The predicted molar refractivity (Wildman–Crippen MR) is 104 cm³/mol. The molecule has 4 heteroatoms. The summed E-state index contributed by atoms with van der Waals surface area (Å²) in [5, 5.41) is 2.03. The summed E-state index contributed by atoms with van der Waals surface area (Å²) in [6.07, 6.45) is 1.88. The summed E-state index contributed by atoms with van der Waals surface area (Å²) >= 11 is 5.97. The molecule has 4 rings (SSSR count). The highest BCUT2D eigenvalue weighted by Crippen LogP contribution is 2.19. The van der Waals surface area contributed by atoms with Gasteiger partial charge in [-0.1, -0.05) is 48.0 Å². The van der Waals surface area contributed by atoms with E-state index in [0.717, 1.165) is 49.8 Å². The van der Waals surface area contributed by atoms with Crippen molar-refractivity contribution < 1.29 is 0 Å². The minimum absolute atomic E-state index is 0.803. The number of nitrogens with zero attached hydrogens (tertiary/aromatic N) is 3. The van der Waals surface area contributed by atoms with E-state index in [1.165, 1.54) is 16.5 Å². The molecule has 25 heavy (non-hydrogen) atoms. The molecule has 1 aliphatic heterocycles. The molecule has 1 fully saturated rings. The minimum Gasteiger partial charge on any atom is -0.297 e. The van der Waals surface area contributed by atoms with Gasteiger partial charge in [0.05, 0.1) is 5.52 Å². The molecule has 0 amide bonds. The highest BCUT2D eigenvalue weighted by molar-refractivity contribution is 6.30. The first-order valence-electron chi connectivity index (χ1n) is 8.80. The Labute approximate surface area is 153 Å². The number of hydrogen-bond donors (Lipinski definition) is 0. The van der Waals surface area contributed by atoms with Gasteiger partial charge in [-0.3, -0.25) is 14.8 Å². The van der Waals surface area contributed by atoms with Crippen LogP contribution in [0.4, 0.5) is 0 Å². The lowest BCUT2D eigenvalue weighted by Crippen LogP contribution is -2.45. The van der Waals surface area contributed by atoms with Crippen LogP contribution in [0.15, 0.2) is 60.8 Å². The minimum atomic E-state index is 0.803. The van der Waals surface area contributed by atoms with Crippen LogP contribution in [0.5, 0.6) is 0 Å². The van der Waals surface area contributed by atoms with Gasteiger partial charge in [0.1, 0.15) is 0 Å². The number of aromatic nitrogens is 1. The van der Waals surface area contributed by atoms with Gasteiger partial charge in [-0.25, -0.2) is 0 Å². The number of halogens is 1. The Balaban J connectivity index is 1.36. The van der Waals surface area contributed by atoms with E-state index in [0.29, 0.717) is 0 Å². The van der Waals surface area contributed by atoms with Gasteiger partial charge in [-0.2, -0.15) is 0 Å². The van der Waals surface area contributed by atoms with E-state index in [-0.39, 0.29) is 0 Å². The van der Waals surface area contributed by atoms with Crippen LogP contribution in [-0.4, -0.2) is 41.0 Å². The molecule has 1 aromatic heterocycles. The zero-order chi connectivity index (χ0) is 17.1. The van der Waals surface area contributed by atoms with Crippen LogP contribution in [0.2, 0.25) is 5.02 Å². The van der Waals surface area contributed by atoms with Crippen LogP contribution < -0.4 is 0 Å². The fraction of sp³-hybridized carbons (Fsp3) is 0.286. The molecule has 0 atom stereocenters. The molecule has 128 valence electrons. The molecule has 0 N–H and O–H groups in total. The lowest BCUT2D eigenvalue weighted by Gasteiger charge is -2.34. The van der Waals surface area contributed by atoms with Crippen molar-refractivity contribution in [2.75, 3.05) is 26.2 Å². The zero-order valence-corrected chi connectivity index (χ0v) is 15.0. The van der Waals surface area contributed by atoms with Crippen molar-refractivity contribution in [2.45, 2.75) is 13.1 Å². The van der Waals surface area contributed by atoms with Crippen LogP contribution in [0, 0.1) is 0 Å². The van der Waals surface area contributed by atoms with Crippen molar-refractivity contribution in [1.29, 1.82) is 0 Å². The van der Waals surface area contributed by atoms with E-state index < -0.39 is 0 Å². The number of para-hydroxylation sites is 1. The van der Waals surface area contributed by atoms with Crippen LogP contribution >= 0.6 is 11.6 Å². The SMILES string of the molecule is Clc1ccc(CN2CCN(Cc3cccc4cccnc34)CC2)cc1. The van der Waals surface area contributed by atoms with Crippen molar-refractivity contribution in [3.8, 4) is 0 Å². The van der Waals surface area contributed by atoms with Crippen molar-refractivity contribution in [3.05, 3.63) is 76.9 Å². The Morgan fingerprint density at radius 3 is 2.24 bits per heavy atom. The molecule has 0 unspecified atom stereocenters. The number of fused-ring (bicyclic) bond motifs is 1. The van der Waals surface area contributed by atoms with Gasteiger partial charge in [-0.15, -0.1) is 0 Å². The van der Waals surface area contributed by atoms with E-state index in [1.54, 1.807) is 0 Å². The first kappa shape index (κ1) is 16.5. The lowest BCUT2D eigenvalue weighted by atomic mass is 10.1. The number of piperazine rings is 1. The van der Waals surface area contributed by atoms with Crippen LogP contribution in [-0.2, 0) is 13.1 Å². The third-order valence-electron chi connectivity index (χ3n) is 4.89. The maximum atomic E-state index is 5.97. The molecule has 2 aromatic carbocycles. The van der Waals surface area contributed by atoms with E-state index in [9.17, 15) is 0 Å². The average molecular weight is 352 g/mol. The second-order valence-corrected chi connectivity index (χ2v) is 7.11. The molecular formula is C21H22ClN3. The van der Waals surface area contributed by atoms with Crippen molar-refractivity contribution >= 4 is 22.5 Å². The molecule has 0 saturated carbocycles. The van der Waals surface area contributed by atoms with Gasteiger partial charge >= 0.3 is 0 Å². The first-order valence-corrected chi connectivity index (χ1v) is 9.17. The topological polar surface area (TPSA) is 19.4 Å². The predicted octanol–water partition coefficient (Wildman–Crippen LogP) is 4.21. The van der Waals surface area contributed by atoms with Gasteiger partial charge in [-0.05, 0) is 29.3 Å². The summed E-state index contributed by atoms with van der Waals surface area (Å²) < 4.78 is 0. The van der Waals surface area contributed by atoms with Crippen molar-refractivity contribution in [1.82, 2.24) is 14.8 Å². The molecule has 2 heterocycles. The molecule has 0 spiro atoms. The third-order valence-corrected chi connectivity index (χ3v) is 5.15. The zero-order valence-electron chi connectivity index (χ0n) is 14.2. The first-order chi connectivity index (χ1) is 12.3. The quantitative estimate of drug-likeness (QED) is 0.702. The number of rotatable bonds is 4. The monoisotopic (exact) mass is 351 g/mol. The Morgan fingerprint density at radius 1 is 0.800 bits per heavy atom. The fourth-order valence-corrected chi connectivity index (χ4v) is 3.62. The van der Waals surface area contributed by atoms with E-state index in [2.05, 4.69) is 51.2 Å². The normalized spacial score (nSPS) is 16.4. The fourth-order valence-electron chi connectivity index (χ4n) is 3.49. The molecule has 3 nitrogen and oxygen atoms in total. The van der Waals surface area contributed by atoms with Gasteiger partial charge in [0.15, 0.2) is 0 Å². The molecule has 1 saturated heterocycles. The van der Waals surface area contributed by atoms with Gasteiger partial charge in [0.25, 0.3) is 0 Å². The molecular weight excluding hydrogens is 330 g/mol. The van der Waals surface area contributed by atoms with Crippen molar-refractivity contribution in [3.63, 3.8) is 0 Å². The second-order valence-electron chi connectivity index (χ2n) is 6.67. The number of pyridine rings is 1. The number of benzene rings is 2. The summed E-state index contributed by atoms with van der Waals surface area (Å²) in [5.74, 6) is 0. The second kappa shape index (κ2) is 7.52. The number of hydrogen-bond acceptors (Lipinski definition) is 3. The van der Waals surface area contributed by atoms with E-state index in [1.807, 2.05) is 24.4 Å².